The first-order chi connectivity index (χ1) is 10.2. The lowest BCUT2D eigenvalue weighted by Crippen LogP contribution is -2.10. The molecule has 1 saturated carbocycles. The summed E-state index contributed by atoms with van der Waals surface area (Å²) in [5, 5.41) is 10.4. The van der Waals surface area contributed by atoms with Gasteiger partial charge in [0.05, 0.1) is 6.10 Å². The van der Waals surface area contributed by atoms with Crippen LogP contribution in [0.15, 0.2) is 57.9 Å². The molecule has 0 heterocycles. The van der Waals surface area contributed by atoms with Crippen molar-refractivity contribution in [3.05, 3.63) is 64.1 Å². The van der Waals surface area contributed by atoms with Crippen LogP contribution in [0.4, 0.5) is 0 Å². The molecule has 1 nitrogen and oxygen atoms in total. The van der Waals surface area contributed by atoms with Gasteiger partial charge >= 0.3 is 0 Å². The maximum absolute atomic E-state index is 10.4. The highest BCUT2D eigenvalue weighted by atomic mass is 79.9. The van der Waals surface area contributed by atoms with E-state index in [2.05, 4.69) is 46.3 Å². The van der Waals surface area contributed by atoms with Crippen molar-refractivity contribution in [2.24, 2.45) is 0 Å². The Balaban J connectivity index is 1.63. The second-order valence-corrected chi connectivity index (χ2v) is 7.59. The van der Waals surface area contributed by atoms with Gasteiger partial charge in [-0.05, 0) is 48.1 Å². The minimum absolute atomic E-state index is 0.408. The molecule has 110 valence electrons. The van der Waals surface area contributed by atoms with Gasteiger partial charge in [-0.2, -0.15) is 0 Å². The first-order valence-corrected chi connectivity index (χ1v) is 9.16. The molecular weight excluding hydrogens is 344 g/mol. The molecule has 0 aromatic heterocycles. The zero-order valence-corrected chi connectivity index (χ0v) is 14.2. The molecule has 0 bridgehead atoms. The topological polar surface area (TPSA) is 20.2 Å². The first kappa shape index (κ1) is 15.1. The fourth-order valence-corrected chi connectivity index (χ4v) is 4.07. The van der Waals surface area contributed by atoms with Crippen LogP contribution in [0.25, 0.3) is 0 Å². The fraction of sp³-hybridized carbons (Fsp3) is 0.333. The number of thioether (sulfide) groups is 1. The van der Waals surface area contributed by atoms with Crippen LogP contribution in [-0.2, 0) is 0 Å². The van der Waals surface area contributed by atoms with Gasteiger partial charge in [-0.1, -0.05) is 52.7 Å². The largest absolute Gasteiger partial charge is 0.388 e. The number of hydrogen-bond acceptors (Lipinski definition) is 2. The Kier molecular flexibility index (Phi) is 5.04. The monoisotopic (exact) mass is 362 g/mol. The highest BCUT2D eigenvalue weighted by Crippen LogP contribution is 2.37. The zero-order valence-electron chi connectivity index (χ0n) is 11.8. The Bertz CT molecular complexity index is 610. The third-order valence-corrected chi connectivity index (χ3v) is 5.64. The molecule has 3 rings (SSSR count). The van der Waals surface area contributed by atoms with Gasteiger partial charge in [-0.15, -0.1) is 11.8 Å². The standard InChI is InChI=1S/C18H19BrOS/c19-16-8-3-9-17(11-16)21-12-18(20)15-7-2-6-14(10-15)13-4-1-5-13/h2-3,6-11,13,18,20H,1,4-5,12H2. The van der Waals surface area contributed by atoms with E-state index >= 15 is 0 Å². The number of aliphatic hydroxyl groups excluding tert-OH is 1. The number of rotatable bonds is 5. The average molecular weight is 363 g/mol. The van der Waals surface area contributed by atoms with Crippen LogP contribution < -0.4 is 0 Å². The SMILES string of the molecule is OC(CSc1cccc(Br)c1)c1cccc(C2CCC2)c1. The summed E-state index contributed by atoms with van der Waals surface area (Å²) < 4.78 is 1.08. The molecule has 0 radical (unpaired) electrons. The van der Waals surface area contributed by atoms with Crippen molar-refractivity contribution in [3.8, 4) is 0 Å². The molecule has 1 aliphatic carbocycles. The van der Waals surface area contributed by atoms with Crippen molar-refractivity contribution in [2.45, 2.75) is 36.2 Å². The molecule has 2 aromatic rings. The van der Waals surface area contributed by atoms with E-state index in [0.29, 0.717) is 5.75 Å². The predicted molar refractivity (Wildman–Crippen MR) is 92.9 cm³/mol. The van der Waals surface area contributed by atoms with Gasteiger partial charge in [0.15, 0.2) is 0 Å². The Morgan fingerprint density at radius 1 is 1.14 bits per heavy atom. The number of halogens is 1. The highest BCUT2D eigenvalue weighted by molar-refractivity contribution is 9.10. The summed E-state index contributed by atoms with van der Waals surface area (Å²) in [6.07, 6.45) is 3.53. The maximum atomic E-state index is 10.4. The quantitative estimate of drug-likeness (QED) is 0.704. The number of aliphatic hydroxyl groups is 1. The summed E-state index contributed by atoms with van der Waals surface area (Å²) in [6.45, 7) is 0. The first-order valence-electron chi connectivity index (χ1n) is 7.38. The van der Waals surface area contributed by atoms with E-state index < -0.39 is 6.10 Å². The third-order valence-electron chi connectivity index (χ3n) is 4.08. The third kappa shape index (κ3) is 3.91. The van der Waals surface area contributed by atoms with Crippen LogP contribution in [0.3, 0.4) is 0 Å². The predicted octanol–water partition coefficient (Wildman–Crippen LogP) is 5.54. The van der Waals surface area contributed by atoms with Crippen LogP contribution in [0.1, 0.15) is 42.4 Å². The van der Waals surface area contributed by atoms with Gasteiger partial charge in [-0.3, -0.25) is 0 Å². The van der Waals surface area contributed by atoms with Gasteiger partial charge in [-0.25, -0.2) is 0 Å². The number of hydrogen-bond donors (Lipinski definition) is 1. The molecule has 0 aliphatic heterocycles. The van der Waals surface area contributed by atoms with Crippen molar-refractivity contribution in [1.29, 1.82) is 0 Å². The maximum Gasteiger partial charge on any atom is 0.0884 e. The molecular formula is C18H19BrOS. The summed E-state index contributed by atoms with van der Waals surface area (Å²) in [5.41, 5.74) is 2.44. The summed E-state index contributed by atoms with van der Waals surface area (Å²) in [4.78, 5) is 1.18. The number of benzene rings is 2. The van der Waals surface area contributed by atoms with Crippen LogP contribution in [-0.4, -0.2) is 10.9 Å². The molecule has 2 aromatic carbocycles. The summed E-state index contributed by atoms with van der Waals surface area (Å²) in [7, 11) is 0. The molecule has 1 atom stereocenters. The summed E-state index contributed by atoms with van der Waals surface area (Å²) in [5.74, 6) is 1.40. The lowest BCUT2D eigenvalue weighted by atomic mass is 9.79. The van der Waals surface area contributed by atoms with Crippen LogP contribution >= 0.6 is 27.7 Å². The molecule has 1 aliphatic rings. The van der Waals surface area contributed by atoms with E-state index in [1.165, 1.54) is 29.7 Å². The highest BCUT2D eigenvalue weighted by Gasteiger charge is 2.20. The molecule has 1 N–H and O–H groups in total. The van der Waals surface area contributed by atoms with E-state index in [1.807, 2.05) is 18.2 Å². The van der Waals surface area contributed by atoms with Crippen molar-refractivity contribution in [1.82, 2.24) is 0 Å². The molecule has 0 amide bonds. The minimum Gasteiger partial charge on any atom is -0.388 e. The second kappa shape index (κ2) is 6.99. The van der Waals surface area contributed by atoms with Crippen LogP contribution in [0.2, 0.25) is 0 Å². The van der Waals surface area contributed by atoms with E-state index in [4.69, 9.17) is 0 Å². The lowest BCUT2D eigenvalue weighted by molar-refractivity contribution is 0.204. The van der Waals surface area contributed by atoms with E-state index in [1.54, 1.807) is 11.8 Å². The van der Waals surface area contributed by atoms with Crippen LogP contribution in [0, 0.1) is 0 Å². The summed E-state index contributed by atoms with van der Waals surface area (Å²) >= 11 is 5.17. The normalized spacial score (nSPS) is 16.5. The Morgan fingerprint density at radius 2 is 1.95 bits per heavy atom. The average Bonchev–Trinajstić information content (AvgIpc) is 2.43. The Labute approximate surface area is 138 Å². The van der Waals surface area contributed by atoms with Crippen molar-refractivity contribution in [2.75, 3.05) is 5.75 Å². The molecule has 1 fully saturated rings. The van der Waals surface area contributed by atoms with E-state index in [0.717, 1.165) is 16.0 Å². The molecule has 3 heteroatoms. The molecule has 21 heavy (non-hydrogen) atoms. The van der Waals surface area contributed by atoms with E-state index in [-0.39, 0.29) is 0 Å². The molecule has 1 unspecified atom stereocenters. The van der Waals surface area contributed by atoms with Gasteiger partial charge in [0.25, 0.3) is 0 Å². The van der Waals surface area contributed by atoms with E-state index in [9.17, 15) is 5.11 Å². The van der Waals surface area contributed by atoms with Crippen molar-refractivity contribution in [3.63, 3.8) is 0 Å². The van der Waals surface area contributed by atoms with Crippen molar-refractivity contribution < 1.29 is 5.11 Å². The smallest absolute Gasteiger partial charge is 0.0884 e. The molecule has 0 spiro atoms. The van der Waals surface area contributed by atoms with Crippen molar-refractivity contribution >= 4 is 27.7 Å². The van der Waals surface area contributed by atoms with Gasteiger partial charge in [0.2, 0.25) is 0 Å². The van der Waals surface area contributed by atoms with Gasteiger partial charge < -0.3 is 5.11 Å². The molecule has 0 saturated heterocycles. The van der Waals surface area contributed by atoms with Gasteiger partial charge in [0, 0.05) is 15.1 Å². The fourth-order valence-electron chi connectivity index (χ4n) is 2.59. The Hall–Kier alpha value is -0.770. The summed E-state index contributed by atoms with van der Waals surface area (Å²) in [6, 6.07) is 16.7. The second-order valence-electron chi connectivity index (χ2n) is 5.58. The Morgan fingerprint density at radius 3 is 2.67 bits per heavy atom. The van der Waals surface area contributed by atoms with Gasteiger partial charge in [0.1, 0.15) is 0 Å². The lowest BCUT2D eigenvalue weighted by Gasteiger charge is -2.26. The van der Waals surface area contributed by atoms with Crippen LogP contribution in [0.5, 0.6) is 0 Å². The zero-order chi connectivity index (χ0) is 14.7. The minimum atomic E-state index is -0.408.